The van der Waals surface area contributed by atoms with Crippen molar-refractivity contribution in [3.05, 3.63) is 64.0 Å². The van der Waals surface area contributed by atoms with Crippen molar-refractivity contribution in [2.24, 2.45) is 0 Å². The van der Waals surface area contributed by atoms with E-state index >= 15 is 0 Å². The van der Waals surface area contributed by atoms with Gasteiger partial charge in [-0.2, -0.15) is 0 Å². The quantitative estimate of drug-likeness (QED) is 0.660. The minimum Gasteiger partial charge on any atom is -0.508 e. The van der Waals surface area contributed by atoms with Gasteiger partial charge in [-0.05, 0) is 31.2 Å². The smallest absolute Gasteiger partial charge is 0.271 e. The Labute approximate surface area is 114 Å². The van der Waals surface area contributed by atoms with Crippen LogP contribution in [0.4, 0.5) is 15.8 Å². The first-order chi connectivity index (χ1) is 9.47. The molecule has 2 N–H and O–H groups in total. The number of nitrogens with zero attached hydrogens (tertiary/aromatic N) is 1. The molecule has 0 radical (unpaired) electrons. The molecule has 0 fully saturated rings. The fraction of sp³-hybridized carbons (Fsp3) is 0.143. The molecule has 6 heteroatoms. The third kappa shape index (κ3) is 3.03. The summed E-state index contributed by atoms with van der Waals surface area (Å²) in [6.07, 6.45) is 0. The highest BCUT2D eigenvalue weighted by molar-refractivity contribution is 5.53. The second-order valence-electron chi connectivity index (χ2n) is 4.38. The van der Waals surface area contributed by atoms with Crippen molar-refractivity contribution in [3.63, 3.8) is 0 Å². The normalized spacial score (nSPS) is 11.9. The van der Waals surface area contributed by atoms with Gasteiger partial charge in [0, 0.05) is 23.4 Å². The number of hydrogen-bond donors (Lipinski definition) is 2. The molecule has 0 aliphatic rings. The Morgan fingerprint density at radius 1 is 1.30 bits per heavy atom. The molecule has 1 atom stereocenters. The Morgan fingerprint density at radius 2 is 2.05 bits per heavy atom. The molecule has 0 amide bonds. The monoisotopic (exact) mass is 276 g/mol. The lowest BCUT2D eigenvalue weighted by atomic mass is 10.1. The maximum absolute atomic E-state index is 13.2. The largest absolute Gasteiger partial charge is 0.508 e. The highest BCUT2D eigenvalue weighted by Gasteiger charge is 2.13. The van der Waals surface area contributed by atoms with Crippen LogP contribution in [0, 0.1) is 15.9 Å². The number of nitrogens with one attached hydrogen (secondary N) is 1. The maximum Gasteiger partial charge on any atom is 0.271 e. The molecule has 0 aromatic heterocycles. The molecule has 0 aliphatic heterocycles. The number of hydrogen-bond acceptors (Lipinski definition) is 4. The highest BCUT2D eigenvalue weighted by atomic mass is 19.1. The van der Waals surface area contributed by atoms with Gasteiger partial charge in [-0.25, -0.2) is 4.39 Å². The fourth-order valence-electron chi connectivity index (χ4n) is 1.91. The van der Waals surface area contributed by atoms with E-state index < -0.39 is 16.8 Å². The maximum atomic E-state index is 13.2. The van der Waals surface area contributed by atoms with Gasteiger partial charge < -0.3 is 10.4 Å². The number of non-ortho nitro benzene ring substituents is 1. The standard InChI is InChI=1S/C14H13FN2O3/c1-9(13-7-10(15)5-6-14(13)18)16-11-3-2-4-12(8-11)17(19)20/h2-9,16,18H,1H3. The van der Waals surface area contributed by atoms with Crippen LogP contribution in [0.5, 0.6) is 5.75 Å². The number of benzene rings is 2. The Bertz CT molecular complexity index is 646. The van der Waals surface area contributed by atoms with Gasteiger partial charge in [-0.3, -0.25) is 10.1 Å². The van der Waals surface area contributed by atoms with E-state index in [4.69, 9.17) is 0 Å². The van der Waals surface area contributed by atoms with Crippen LogP contribution in [0.3, 0.4) is 0 Å². The summed E-state index contributed by atoms with van der Waals surface area (Å²) in [4.78, 5) is 10.2. The molecule has 0 heterocycles. The van der Waals surface area contributed by atoms with Gasteiger partial charge in [0.1, 0.15) is 11.6 Å². The molecule has 2 aromatic rings. The van der Waals surface area contributed by atoms with E-state index in [1.54, 1.807) is 19.1 Å². The molecule has 2 aromatic carbocycles. The van der Waals surface area contributed by atoms with E-state index in [0.717, 1.165) is 0 Å². The average Bonchev–Trinajstić information content (AvgIpc) is 2.41. The summed E-state index contributed by atoms with van der Waals surface area (Å²) in [5.74, 6) is -0.484. The molecule has 0 saturated heterocycles. The summed E-state index contributed by atoms with van der Waals surface area (Å²) in [7, 11) is 0. The van der Waals surface area contributed by atoms with E-state index in [2.05, 4.69) is 5.32 Å². The van der Waals surface area contributed by atoms with Crippen molar-refractivity contribution in [2.45, 2.75) is 13.0 Å². The molecular weight excluding hydrogens is 263 g/mol. The lowest BCUT2D eigenvalue weighted by Gasteiger charge is -2.16. The molecule has 104 valence electrons. The van der Waals surface area contributed by atoms with Crippen molar-refractivity contribution in [1.82, 2.24) is 0 Å². The van der Waals surface area contributed by atoms with E-state index in [1.165, 1.54) is 30.3 Å². The number of aromatic hydroxyl groups is 1. The molecular formula is C14H13FN2O3. The van der Waals surface area contributed by atoms with Crippen molar-refractivity contribution >= 4 is 11.4 Å². The predicted octanol–water partition coefficient (Wildman–Crippen LogP) is 3.61. The van der Waals surface area contributed by atoms with Gasteiger partial charge in [0.05, 0.1) is 11.0 Å². The first-order valence-corrected chi connectivity index (χ1v) is 5.97. The summed E-state index contributed by atoms with van der Waals surface area (Å²) in [6, 6.07) is 9.26. The Morgan fingerprint density at radius 3 is 2.75 bits per heavy atom. The zero-order chi connectivity index (χ0) is 14.7. The van der Waals surface area contributed by atoms with Gasteiger partial charge in [-0.15, -0.1) is 0 Å². The summed E-state index contributed by atoms with van der Waals surface area (Å²) in [5.41, 5.74) is 0.873. The third-order valence-corrected chi connectivity index (χ3v) is 2.90. The molecule has 2 rings (SSSR count). The van der Waals surface area contributed by atoms with Crippen molar-refractivity contribution in [1.29, 1.82) is 0 Å². The SMILES string of the molecule is CC(Nc1cccc([N+](=O)[O-])c1)c1cc(F)ccc1O. The third-order valence-electron chi connectivity index (χ3n) is 2.90. The molecule has 0 saturated carbocycles. The van der Waals surface area contributed by atoms with Gasteiger partial charge in [0.25, 0.3) is 5.69 Å². The topological polar surface area (TPSA) is 75.4 Å². The van der Waals surface area contributed by atoms with Gasteiger partial charge >= 0.3 is 0 Å². The molecule has 0 spiro atoms. The summed E-state index contributed by atoms with van der Waals surface area (Å²) >= 11 is 0. The van der Waals surface area contributed by atoms with Crippen molar-refractivity contribution in [2.75, 3.05) is 5.32 Å². The number of phenols is 1. The Balaban J connectivity index is 2.23. The summed E-state index contributed by atoms with van der Waals surface area (Å²) in [5, 5.41) is 23.4. The first kappa shape index (κ1) is 13.8. The Hall–Kier alpha value is -2.63. The van der Waals surface area contributed by atoms with Crippen LogP contribution in [0.2, 0.25) is 0 Å². The van der Waals surface area contributed by atoms with Gasteiger partial charge in [0.15, 0.2) is 0 Å². The second kappa shape index (κ2) is 5.56. The number of nitro benzene ring substituents is 1. The fourth-order valence-corrected chi connectivity index (χ4v) is 1.91. The van der Waals surface area contributed by atoms with Gasteiger partial charge in [-0.1, -0.05) is 6.07 Å². The number of rotatable bonds is 4. The van der Waals surface area contributed by atoms with Crippen molar-refractivity contribution < 1.29 is 14.4 Å². The molecule has 0 bridgehead atoms. The van der Waals surface area contributed by atoms with Gasteiger partial charge in [0.2, 0.25) is 0 Å². The average molecular weight is 276 g/mol. The minimum atomic E-state index is -0.491. The zero-order valence-corrected chi connectivity index (χ0v) is 10.7. The molecule has 1 unspecified atom stereocenters. The zero-order valence-electron chi connectivity index (χ0n) is 10.7. The Kier molecular flexibility index (Phi) is 3.84. The number of phenolic OH excluding ortho intramolecular Hbond substituents is 1. The number of anilines is 1. The highest BCUT2D eigenvalue weighted by Crippen LogP contribution is 2.28. The van der Waals surface area contributed by atoms with Crippen molar-refractivity contribution in [3.8, 4) is 5.75 Å². The van der Waals surface area contributed by atoms with E-state index in [0.29, 0.717) is 11.3 Å². The summed E-state index contributed by atoms with van der Waals surface area (Å²) in [6.45, 7) is 1.73. The number of halogens is 1. The lowest BCUT2D eigenvalue weighted by Crippen LogP contribution is -2.07. The summed E-state index contributed by atoms with van der Waals surface area (Å²) < 4.78 is 13.2. The van der Waals surface area contributed by atoms with Crippen LogP contribution in [0.15, 0.2) is 42.5 Å². The second-order valence-corrected chi connectivity index (χ2v) is 4.38. The van der Waals surface area contributed by atoms with Crippen LogP contribution in [0.25, 0.3) is 0 Å². The van der Waals surface area contributed by atoms with Crippen LogP contribution in [0.1, 0.15) is 18.5 Å². The molecule has 0 aliphatic carbocycles. The minimum absolute atomic E-state index is 0.0307. The van der Waals surface area contributed by atoms with E-state index in [1.807, 2.05) is 0 Å². The van der Waals surface area contributed by atoms with E-state index in [9.17, 15) is 19.6 Å². The first-order valence-electron chi connectivity index (χ1n) is 5.97. The van der Waals surface area contributed by atoms with E-state index in [-0.39, 0.29) is 11.4 Å². The van der Waals surface area contributed by atoms with Crippen LogP contribution >= 0.6 is 0 Å². The van der Waals surface area contributed by atoms with Crippen LogP contribution in [-0.4, -0.2) is 10.0 Å². The molecule has 5 nitrogen and oxygen atoms in total. The molecule has 20 heavy (non-hydrogen) atoms. The van der Waals surface area contributed by atoms with Crippen LogP contribution < -0.4 is 5.32 Å². The lowest BCUT2D eigenvalue weighted by molar-refractivity contribution is -0.384. The number of nitro groups is 1. The van der Waals surface area contributed by atoms with Crippen LogP contribution in [-0.2, 0) is 0 Å². The predicted molar refractivity (Wildman–Crippen MR) is 73.2 cm³/mol.